The molecule has 10 nitrogen and oxygen atoms in total. The van der Waals surface area contributed by atoms with Gasteiger partial charge in [0.15, 0.2) is 5.82 Å². The fraction of sp³-hybridized carbons (Fsp3) is 0.118. The lowest BCUT2D eigenvalue weighted by Gasteiger charge is -2.15. The molecule has 0 bridgehead atoms. The average molecular weight is 369 g/mol. The highest BCUT2D eigenvalue weighted by atomic mass is 16.4. The minimum Gasteiger partial charge on any atom is -0.507 e. The van der Waals surface area contributed by atoms with Crippen LogP contribution in [0.2, 0.25) is 0 Å². The summed E-state index contributed by atoms with van der Waals surface area (Å²) < 4.78 is 0. The van der Waals surface area contributed by atoms with E-state index in [1.165, 1.54) is 0 Å². The summed E-state index contributed by atoms with van der Waals surface area (Å²) in [7, 11) is 0. The molecule has 3 aromatic rings. The van der Waals surface area contributed by atoms with Crippen molar-refractivity contribution in [2.45, 2.75) is 13.3 Å². The molecule has 2 aromatic carbocycles. The average Bonchev–Trinajstić information content (AvgIpc) is 3.17. The number of para-hydroxylation sites is 1. The number of tetrazole rings is 1. The standard InChI is InChI=1S/C17H15N5O5/c1-2-8-13(12(23)7-10(14(8)24)17(26)27)16(25)18-11-6-4-3-5-9(11)15-19-21-22-20-15/h3-7,23-24H,2H2,1H3,(H,18,25)(H,26,27)(H,19,20,21,22). The Morgan fingerprint density at radius 3 is 2.59 bits per heavy atom. The molecule has 5 N–H and O–H groups in total. The molecule has 1 aromatic heterocycles. The van der Waals surface area contributed by atoms with E-state index < -0.39 is 28.9 Å². The first-order valence-electron chi connectivity index (χ1n) is 7.89. The van der Waals surface area contributed by atoms with Crippen LogP contribution in [0.4, 0.5) is 5.69 Å². The SMILES string of the molecule is CCc1c(O)c(C(=O)O)cc(O)c1C(=O)Nc1ccccc1-c1nnn[nH]1. The third-order valence-corrected chi connectivity index (χ3v) is 3.97. The predicted molar refractivity (Wildman–Crippen MR) is 93.7 cm³/mol. The number of carbonyl (C=O) groups is 2. The van der Waals surface area contributed by atoms with Gasteiger partial charge in [0.05, 0.1) is 11.3 Å². The Hall–Kier alpha value is -3.95. The van der Waals surface area contributed by atoms with E-state index in [0.717, 1.165) is 6.07 Å². The van der Waals surface area contributed by atoms with Gasteiger partial charge in [-0.25, -0.2) is 9.89 Å². The molecule has 0 radical (unpaired) electrons. The summed E-state index contributed by atoms with van der Waals surface area (Å²) >= 11 is 0. The molecule has 1 amide bonds. The smallest absolute Gasteiger partial charge is 0.339 e. The van der Waals surface area contributed by atoms with Crippen molar-refractivity contribution in [3.8, 4) is 22.9 Å². The number of H-pyrrole nitrogens is 1. The van der Waals surface area contributed by atoms with E-state index in [4.69, 9.17) is 5.11 Å². The predicted octanol–water partition coefficient (Wildman–Crippen LogP) is 1.79. The van der Waals surface area contributed by atoms with Gasteiger partial charge in [-0.3, -0.25) is 4.79 Å². The number of aromatic hydroxyl groups is 2. The number of rotatable bonds is 5. The number of aromatic nitrogens is 4. The molecular weight excluding hydrogens is 354 g/mol. The second kappa shape index (κ2) is 7.12. The number of carbonyl (C=O) groups excluding carboxylic acids is 1. The fourth-order valence-corrected chi connectivity index (χ4v) is 2.73. The number of phenolic OH excluding ortho intramolecular Hbond substituents is 1. The largest absolute Gasteiger partial charge is 0.507 e. The van der Waals surface area contributed by atoms with E-state index in [-0.39, 0.29) is 17.5 Å². The Labute approximate surface area is 152 Å². The zero-order valence-electron chi connectivity index (χ0n) is 14.1. The molecule has 0 aliphatic carbocycles. The number of nitrogens with one attached hydrogen (secondary N) is 2. The monoisotopic (exact) mass is 369 g/mol. The summed E-state index contributed by atoms with van der Waals surface area (Å²) in [6.07, 6.45) is 0.136. The van der Waals surface area contributed by atoms with Crippen molar-refractivity contribution >= 4 is 17.6 Å². The fourth-order valence-electron chi connectivity index (χ4n) is 2.73. The normalized spacial score (nSPS) is 10.6. The van der Waals surface area contributed by atoms with Gasteiger partial charge in [0, 0.05) is 11.1 Å². The zero-order chi connectivity index (χ0) is 19.6. The number of phenols is 2. The number of anilines is 1. The highest BCUT2D eigenvalue weighted by molar-refractivity contribution is 6.10. The maximum atomic E-state index is 12.8. The van der Waals surface area contributed by atoms with Crippen molar-refractivity contribution in [2.75, 3.05) is 5.32 Å². The van der Waals surface area contributed by atoms with Crippen molar-refractivity contribution < 1.29 is 24.9 Å². The van der Waals surface area contributed by atoms with Crippen molar-refractivity contribution in [3.05, 3.63) is 47.0 Å². The van der Waals surface area contributed by atoms with Crippen LogP contribution in [0.5, 0.6) is 11.5 Å². The molecule has 27 heavy (non-hydrogen) atoms. The Morgan fingerprint density at radius 1 is 1.22 bits per heavy atom. The van der Waals surface area contributed by atoms with Gasteiger partial charge in [-0.05, 0) is 35.0 Å². The topological polar surface area (TPSA) is 161 Å². The van der Waals surface area contributed by atoms with Gasteiger partial charge < -0.3 is 20.6 Å². The van der Waals surface area contributed by atoms with Crippen LogP contribution in [0.15, 0.2) is 30.3 Å². The lowest BCUT2D eigenvalue weighted by atomic mass is 9.98. The molecule has 0 aliphatic rings. The summed E-state index contributed by atoms with van der Waals surface area (Å²) in [5.41, 5.74) is 0.229. The van der Waals surface area contributed by atoms with E-state index in [2.05, 4.69) is 25.9 Å². The number of carboxylic acid groups (broad SMARTS) is 1. The summed E-state index contributed by atoms with van der Waals surface area (Å²) in [5, 5.41) is 45.5. The third kappa shape index (κ3) is 3.27. The quantitative estimate of drug-likeness (QED) is 0.425. The number of hydrogen-bond donors (Lipinski definition) is 5. The van der Waals surface area contributed by atoms with Gasteiger partial charge in [-0.15, -0.1) is 5.10 Å². The van der Waals surface area contributed by atoms with Crippen molar-refractivity contribution in [1.29, 1.82) is 0 Å². The van der Waals surface area contributed by atoms with Crippen molar-refractivity contribution in [3.63, 3.8) is 0 Å². The molecule has 0 spiro atoms. The summed E-state index contributed by atoms with van der Waals surface area (Å²) in [6, 6.07) is 7.57. The number of hydrogen-bond acceptors (Lipinski definition) is 7. The van der Waals surface area contributed by atoms with E-state index >= 15 is 0 Å². The van der Waals surface area contributed by atoms with Crippen LogP contribution < -0.4 is 5.32 Å². The highest BCUT2D eigenvalue weighted by Gasteiger charge is 2.25. The molecule has 0 aliphatic heterocycles. The Balaban J connectivity index is 2.04. The van der Waals surface area contributed by atoms with Crippen molar-refractivity contribution in [2.24, 2.45) is 0 Å². The molecular formula is C17H15N5O5. The minimum absolute atomic E-state index is 0.0312. The Kier molecular flexibility index (Phi) is 4.71. The van der Waals surface area contributed by atoms with Gasteiger partial charge in [0.1, 0.15) is 17.1 Å². The van der Waals surface area contributed by atoms with Gasteiger partial charge in [-0.2, -0.15) is 0 Å². The molecule has 1 heterocycles. The molecule has 138 valence electrons. The van der Waals surface area contributed by atoms with E-state index in [1.54, 1.807) is 31.2 Å². The van der Waals surface area contributed by atoms with Crippen LogP contribution in [0, 0.1) is 0 Å². The van der Waals surface area contributed by atoms with Gasteiger partial charge in [-0.1, -0.05) is 19.1 Å². The van der Waals surface area contributed by atoms with Crippen LogP contribution in [-0.2, 0) is 6.42 Å². The lowest BCUT2D eigenvalue weighted by Crippen LogP contribution is -2.16. The second-order valence-corrected chi connectivity index (χ2v) is 5.55. The molecule has 0 saturated carbocycles. The molecule has 10 heteroatoms. The summed E-state index contributed by atoms with van der Waals surface area (Å²) in [5.74, 6) is -2.89. The number of nitrogens with zero attached hydrogens (tertiary/aromatic N) is 3. The molecule has 0 fully saturated rings. The highest BCUT2D eigenvalue weighted by Crippen LogP contribution is 2.35. The second-order valence-electron chi connectivity index (χ2n) is 5.55. The first kappa shape index (κ1) is 17.9. The number of aromatic carboxylic acids is 1. The van der Waals surface area contributed by atoms with Gasteiger partial charge in [0.2, 0.25) is 0 Å². The van der Waals surface area contributed by atoms with Crippen LogP contribution in [0.25, 0.3) is 11.4 Å². The summed E-state index contributed by atoms with van der Waals surface area (Å²) in [6.45, 7) is 1.63. The number of carboxylic acids is 1. The van der Waals surface area contributed by atoms with Gasteiger partial charge in [0.25, 0.3) is 5.91 Å². The lowest BCUT2D eigenvalue weighted by molar-refractivity contribution is 0.0692. The molecule has 3 rings (SSSR count). The maximum absolute atomic E-state index is 12.8. The van der Waals surface area contributed by atoms with Crippen molar-refractivity contribution in [1.82, 2.24) is 20.6 Å². The number of benzene rings is 2. The number of amides is 1. The van der Waals surface area contributed by atoms with E-state index in [1.807, 2.05) is 0 Å². The van der Waals surface area contributed by atoms with Crippen LogP contribution in [0.3, 0.4) is 0 Å². The maximum Gasteiger partial charge on any atom is 0.339 e. The van der Waals surface area contributed by atoms with Crippen LogP contribution in [-0.4, -0.2) is 47.8 Å². The Bertz CT molecular complexity index is 1020. The first-order chi connectivity index (χ1) is 12.9. The Morgan fingerprint density at radius 2 is 1.96 bits per heavy atom. The zero-order valence-corrected chi connectivity index (χ0v) is 14.1. The van der Waals surface area contributed by atoms with Crippen LogP contribution in [0.1, 0.15) is 33.2 Å². The summed E-state index contributed by atoms with van der Waals surface area (Å²) in [4.78, 5) is 24.0. The van der Waals surface area contributed by atoms with E-state index in [0.29, 0.717) is 17.1 Å². The molecule has 0 unspecified atom stereocenters. The van der Waals surface area contributed by atoms with E-state index in [9.17, 15) is 19.8 Å². The molecule has 0 atom stereocenters. The number of aromatic amines is 1. The van der Waals surface area contributed by atoms with Crippen LogP contribution >= 0.6 is 0 Å². The first-order valence-corrected chi connectivity index (χ1v) is 7.89. The third-order valence-electron chi connectivity index (χ3n) is 3.97. The molecule has 0 saturated heterocycles. The van der Waals surface area contributed by atoms with Gasteiger partial charge >= 0.3 is 5.97 Å². The minimum atomic E-state index is -1.41.